The molecule has 55 heavy (non-hydrogen) atoms. The lowest BCUT2D eigenvalue weighted by atomic mass is 9.73. The molecule has 8 rings (SSSR count). The number of ether oxygens (including phenoxy) is 1. The van der Waals surface area contributed by atoms with Gasteiger partial charge in [-0.25, -0.2) is 0 Å². The fourth-order valence-electron chi connectivity index (χ4n) is 17.9. The molecule has 316 valence electrons. The van der Waals surface area contributed by atoms with E-state index in [4.69, 9.17) is 4.74 Å². The van der Waals surface area contributed by atoms with Crippen molar-refractivity contribution in [2.24, 2.45) is 59.2 Å². The van der Waals surface area contributed by atoms with Crippen LogP contribution in [0.3, 0.4) is 0 Å². The summed E-state index contributed by atoms with van der Waals surface area (Å²) in [6.07, 6.45) is 27.3. The third-order valence-electron chi connectivity index (χ3n) is 19.0. The first-order valence-corrected chi connectivity index (χ1v) is 34.9. The average molecular weight is 810 g/mol. The highest BCUT2D eigenvalue weighted by atomic mass is 28.3. The van der Waals surface area contributed by atoms with E-state index < -0.39 is 24.5 Å². The van der Waals surface area contributed by atoms with E-state index in [1.807, 2.05) is 0 Å². The fourth-order valence-corrected chi connectivity index (χ4v) is 30.6. The minimum atomic E-state index is -1.80. The highest BCUT2D eigenvalue weighted by Crippen LogP contribution is 2.73. The lowest BCUT2D eigenvalue weighted by Crippen LogP contribution is -2.56. The molecule has 16 unspecified atom stereocenters. The zero-order valence-electron chi connectivity index (χ0n) is 38.7. The Morgan fingerprint density at radius 1 is 0.509 bits per heavy atom. The van der Waals surface area contributed by atoms with Gasteiger partial charge in [0.25, 0.3) is 0 Å². The Kier molecular flexibility index (Phi) is 12.1. The van der Waals surface area contributed by atoms with Gasteiger partial charge in [-0.1, -0.05) is 124 Å². The molecule has 16 atom stereocenters. The van der Waals surface area contributed by atoms with Crippen LogP contribution in [-0.4, -0.2) is 70.1 Å². The van der Waals surface area contributed by atoms with Crippen molar-refractivity contribution in [3.05, 3.63) is 0 Å². The Hall–Kier alpha value is 0.531. The molecule has 6 aliphatic carbocycles. The minimum Gasteiger partial charge on any atom is -0.376 e. The summed E-state index contributed by atoms with van der Waals surface area (Å²) in [6, 6.07) is 5.38. The van der Waals surface area contributed by atoms with E-state index in [2.05, 4.69) is 89.6 Å². The van der Waals surface area contributed by atoms with Crippen LogP contribution >= 0.6 is 0 Å². The average Bonchev–Trinajstić information content (AvgIpc) is 3.81. The third-order valence-corrected chi connectivity index (χ3v) is 29.4. The fraction of sp³-hybridized carbons (Fsp3) is 1.00. The van der Waals surface area contributed by atoms with Crippen molar-refractivity contribution in [1.82, 2.24) is 9.13 Å². The zero-order chi connectivity index (χ0) is 39.2. The quantitative estimate of drug-likeness (QED) is 0.153. The Morgan fingerprint density at radius 2 is 0.927 bits per heavy atom. The molecule has 6 heteroatoms. The Labute approximate surface area is 345 Å². The Balaban J connectivity index is 1.23. The van der Waals surface area contributed by atoms with Crippen molar-refractivity contribution in [1.29, 1.82) is 0 Å². The predicted molar refractivity (Wildman–Crippen MR) is 245 cm³/mol. The van der Waals surface area contributed by atoms with Crippen molar-refractivity contribution in [3.8, 4) is 0 Å². The lowest BCUT2D eigenvalue weighted by molar-refractivity contribution is -0.00471. The van der Waals surface area contributed by atoms with Crippen molar-refractivity contribution in [2.45, 2.75) is 243 Å². The smallest absolute Gasteiger partial charge is 0.119 e. The van der Waals surface area contributed by atoms with E-state index in [1.165, 1.54) is 64.2 Å². The van der Waals surface area contributed by atoms with Crippen LogP contribution in [0.15, 0.2) is 0 Å². The van der Waals surface area contributed by atoms with Crippen molar-refractivity contribution in [2.75, 3.05) is 6.61 Å². The zero-order valence-corrected chi connectivity index (χ0v) is 41.7. The molecule has 3 nitrogen and oxygen atoms in total. The van der Waals surface area contributed by atoms with Crippen molar-refractivity contribution >= 4 is 24.5 Å². The van der Waals surface area contributed by atoms with Gasteiger partial charge in [-0.3, -0.25) is 0 Å². The first kappa shape index (κ1) is 42.2. The van der Waals surface area contributed by atoms with Gasteiger partial charge in [0.2, 0.25) is 0 Å². The summed E-state index contributed by atoms with van der Waals surface area (Å²) < 4.78 is 13.1. The molecule has 0 aromatic rings. The van der Waals surface area contributed by atoms with Gasteiger partial charge in [0.15, 0.2) is 0 Å². The van der Waals surface area contributed by atoms with Gasteiger partial charge in [0.1, 0.15) is 16.5 Å². The summed E-state index contributed by atoms with van der Waals surface area (Å²) in [7, 11) is -4.74. The Bertz CT molecular complexity index is 1240. The molecule has 0 spiro atoms. The molecule has 0 N–H and O–H groups in total. The molecule has 2 saturated heterocycles. The first-order valence-electron chi connectivity index (χ1n) is 25.1. The number of hydrogen-bond acceptors (Lipinski definition) is 3. The van der Waals surface area contributed by atoms with Gasteiger partial charge < -0.3 is 13.9 Å². The van der Waals surface area contributed by atoms with E-state index in [9.17, 15) is 0 Å². The standard InChI is InChI=1S/C49H92N2OSi3/c1-33-25-27-41-39(31-33)43-45(50(41)53(6,7)8)35-21-15-17-23-37(35)47(43)55(12,30-20-14-13-19-29-52-49(3,4)5)48-38-24-18-16-22-36(38)46-44(48)40-32-34(2)26-28-42(40)51(46)54(9,10)11/h33-48H,13-32H2,1-12H3. The molecule has 2 aliphatic heterocycles. The van der Waals surface area contributed by atoms with Gasteiger partial charge >= 0.3 is 0 Å². The minimum absolute atomic E-state index is 0.00427. The van der Waals surface area contributed by atoms with Crippen molar-refractivity contribution in [3.63, 3.8) is 0 Å². The summed E-state index contributed by atoms with van der Waals surface area (Å²) in [6.45, 7) is 32.9. The largest absolute Gasteiger partial charge is 0.376 e. The molecule has 0 amide bonds. The molecular weight excluding hydrogens is 717 g/mol. The second-order valence-electron chi connectivity index (χ2n) is 25.5. The van der Waals surface area contributed by atoms with Gasteiger partial charge in [-0.05, 0) is 149 Å². The number of hydrogen-bond donors (Lipinski definition) is 0. The third kappa shape index (κ3) is 7.62. The SMILES string of the molecule is CC1CCC2C(C1)C1C(C3CCCCC3C1[Si](C)(CCCCCCOC(C)(C)C)C1C3CCCCC3C3C1C1CC(C)CCC1N3[Si](C)(C)C)N2[Si](C)(C)C. The molecule has 8 aliphatic rings. The number of fused-ring (bicyclic) bond motifs is 10. The molecule has 8 fully saturated rings. The number of nitrogens with zero attached hydrogens (tertiary/aromatic N) is 2. The summed E-state index contributed by atoms with van der Waals surface area (Å²) in [4.78, 5) is 0. The van der Waals surface area contributed by atoms with Gasteiger partial charge in [0, 0.05) is 30.8 Å². The van der Waals surface area contributed by atoms with E-state index >= 15 is 0 Å². The molecule has 6 saturated carbocycles. The molecule has 0 aromatic carbocycles. The van der Waals surface area contributed by atoms with Crippen LogP contribution in [0, 0.1) is 59.2 Å². The van der Waals surface area contributed by atoms with Crippen LogP contribution in [0.1, 0.15) is 150 Å². The molecule has 0 aromatic heterocycles. The summed E-state index contributed by atoms with van der Waals surface area (Å²) in [5.41, 5.74) is 2.19. The summed E-state index contributed by atoms with van der Waals surface area (Å²) in [5.74, 6) is 10.1. The summed E-state index contributed by atoms with van der Waals surface area (Å²) in [5, 5.41) is 0. The maximum absolute atomic E-state index is 6.25. The maximum atomic E-state index is 6.25. The van der Waals surface area contributed by atoms with E-state index in [0.29, 0.717) is 0 Å². The predicted octanol–water partition coefficient (Wildman–Crippen LogP) is 13.7. The highest BCUT2D eigenvalue weighted by Gasteiger charge is 2.73. The maximum Gasteiger partial charge on any atom is 0.119 e. The highest BCUT2D eigenvalue weighted by molar-refractivity contribution is 6.82. The Morgan fingerprint density at radius 3 is 1.35 bits per heavy atom. The number of unbranched alkanes of at least 4 members (excludes halogenated alkanes) is 3. The van der Waals surface area contributed by atoms with Crippen LogP contribution in [0.2, 0.25) is 63.0 Å². The van der Waals surface area contributed by atoms with Crippen LogP contribution in [-0.2, 0) is 4.74 Å². The topological polar surface area (TPSA) is 15.7 Å². The second kappa shape index (κ2) is 15.8. The second-order valence-corrected chi connectivity index (χ2v) is 40.1. The van der Waals surface area contributed by atoms with E-state index in [0.717, 1.165) is 101 Å². The molecular formula is C49H92N2OSi3. The number of rotatable bonds is 11. The molecule has 0 radical (unpaired) electrons. The van der Waals surface area contributed by atoms with Crippen LogP contribution in [0.4, 0.5) is 0 Å². The van der Waals surface area contributed by atoms with Gasteiger partial charge in [-0.15, -0.1) is 0 Å². The van der Waals surface area contributed by atoms with Crippen LogP contribution in [0.5, 0.6) is 0 Å². The van der Waals surface area contributed by atoms with Gasteiger partial charge in [-0.2, -0.15) is 0 Å². The van der Waals surface area contributed by atoms with Gasteiger partial charge in [0.05, 0.1) is 13.7 Å². The molecule has 0 bridgehead atoms. The summed E-state index contributed by atoms with van der Waals surface area (Å²) >= 11 is 0. The lowest BCUT2D eigenvalue weighted by Gasteiger charge is -2.53. The molecule has 2 heterocycles. The normalized spacial score (nSPS) is 46.0. The van der Waals surface area contributed by atoms with E-state index in [1.54, 1.807) is 57.4 Å². The van der Waals surface area contributed by atoms with Crippen molar-refractivity contribution < 1.29 is 4.74 Å². The van der Waals surface area contributed by atoms with Crippen LogP contribution < -0.4 is 0 Å². The van der Waals surface area contributed by atoms with Crippen LogP contribution in [0.25, 0.3) is 0 Å². The van der Waals surface area contributed by atoms with E-state index in [-0.39, 0.29) is 5.60 Å². The first-order chi connectivity index (χ1) is 25.9. The monoisotopic (exact) mass is 809 g/mol.